The second kappa shape index (κ2) is 14.7. The molecule has 2 aromatic heterocycles. The van der Waals surface area contributed by atoms with E-state index in [1.54, 1.807) is 11.3 Å². The van der Waals surface area contributed by atoms with Gasteiger partial charge in [0.25, 0.3) is 0 Å². The number of thiophene rings is 1. The SMILES string of the molecule is Cc1sc2c(c1C)C(c1ccc(C3CN(C(=O)C4CCN(c5ccc([C@@H]6c7ccc(O)cc7CC[C@@H]6c6ccccc6)cc5)CC4)C3)cc1)=N[C@@H](C)c1nnc(C)n1-2. The maximum absolute atomic E-state index is 13.7. The highest BCUT2D eigenvalue weighted by molar-refractivity contribution is 7.15. The first-order chi connectivity index (χ1) is 28.2. The lowest BCUT2D eigenvalue weighted by atomic mass is 9.69. The molecule has 294 valence electrons. The van der Waals surface area contributed by atoms with Gasteiger partial charge in [-0.15, -0.1) is 21.5 Å². The minimum absolute atomic E-state index is 0.0795. The van der Waals surface area contributed by atoms with Crippen molar-refractivity contribution in [2.24, 2.45) is 10.9 Å². The van der Waals surface area contributed by atoms with Crippen molar-refractivity contribution in [3.05, 3.63) is 158 Å². The molecule has 1 amide bonds. The number of carbonyl (C=O) groups is 1. The van der Waals surface area contributed by atoms with Gasteiger partial charge >= 0.3 is 0 Å². The van der Waals surface area contributed by atoms with E-state index in [-0.39, 0.29) is 17.9 Å². The molecule has 5 heterocycles. The summed E-state index contributed by atoms with van der Waals surface area (Å²) in [5, 5.41) is 20.3. The molecule has 1 N–H and O–H groups in total. The number of piperidine rings is 1. The Morgan fingerprint density at radius 2 is 1.53 bits per heavy atom. The number of aromatic nitrogens is 3. The van der Waals surface area contributed by atoms with Crippen molar-refractivity contribution < 1.29 is 9.90 Å². The molecule has 6 aromatic rings. The number of hydrogen-bond donors (Lipinski definition) is 1. The van der Waals surface area contributed by atoms with Gasteiger partial charge in [0.05, 0.1) is 5.71 Å². The third-order valence-electron chi connectivity index (χ3n) is 13.5. The summed E-state index contributed by atoms with van der Waals surface area (Å²) in [5.41, 5.74) is 12.3. The highest BCUT2D eigenvalue weighted by Gasteiger charge is 2.37. The fourth-order valence-corrected chi connectivity index (χ4v) is 11.3. The normalized spacial score (nSPS) is 20.8. The lowest BCUT2D eigenvalue weighted by Gasteiger charge is -2.43. The van der Waals surface area contributed by atoms with Gasteiger partial charge in [0.1, 0.15) is 22.6 Å². The number of fused-ring (bicyclic) bond motifs is 4. The molecule has 4 aromatic carbocycles. The first-order valence-corrected chi connectivity index (χ1v) is 21.7. The molecule has 0 bridgehead atoms. The first-order valence-electron chi connectivity index (χ1n) is 20.9. The van der Waals surface area contributed by atoms with Crippen LogP contribution < -0.4 is 4.90 Å². The summed E-state index contributed by atoms with van der Waals surface area (Å²) >= 11 is 1.79. The first kappa shape index (κ1) is 36.8. The predicted molar refractivity (Wildman–Crippen MR) is 232 cm³/mol. The number of hydrogen-bond acceptors (Lipinski definition) is 7. The number of rotatable bonds is 6. The zero-order valence-electron chi connectivity index (χ0n) is 33.7. The predicted octanol–water partition coefficient (Wildman–Crippen LogP) is 9.58. The molecule has 10 rings (SSSR count). The molecular weight excluding hydrogens is 737 g/mol. The van der Waals surface area contributed by atoms with Crippen molar-refractivity contribution in [3.63, 3.8) is 0 Å². The van der Waals surface area contributed by atoms with Gasteiger partial charge in [-0.1, -0.05) is 72.8 Å². The Bertz CT molecular complexity index is 2520. The molecule has 3 atom stereocenters. The molecule has 58 heavy (non-hydrogen) atoms. The Morgan fingerprint density at radius 3 is 2.28 bits per heavy atom. The number of aliphatic imine (C=N–C) groups is 1. The summed E-state index contributed by atoms with van der Waals surface area (Å²) in [6, 6.07) is 34.8. The fraction of sp³-hybridized carbons (Fsp3) is 0.347. The van der Waals surface area contributed by atoms with Gasteiger partial charge in [0.2, 0.25) is 5.91 Å². The van der Waals surface area contributed by atoms with E-state index in [9.17, 15) is 9.90 Å². The van der Waals surface area contributed by atoms with Gasteiger partial charge in [-0.2, -0.15) is 0 Å². The Kier molecular flexibility index (Phi) is 9.31. The summed E-state index contributed by atoms with van der Waals surface area (Å²) < 4.78 is 2.18. The number of nitrogens with zero attached hydrogens (tertiary/aromatic N) is 6. The van der Waals surface area contributed by atoms with Crippen molar-refractivity contribution in [2.75, 3.05) is 31.1 Å². The Labute approximate surface area is 344 Å². The van der Waals surface area contributed by atoms with E-state index in [0.29, 0.717) is 23.5 Å². The van der Waals surface area contributed by atoms with Crippen LogP contribution in [0.3, 0.4) is 0 Å². The molecule has 0 unspecified atom stereocenters. The second-order valence-corrected chi connectivity index (χ2v) is 18.1. The average Bonchev–Trinajstić information content (AvgIpc) is 3.72. The third-order valence-corrected chi connectivity index (χ3v) is 14.7. The van der Waals surface area contributed by atoms with Crippen LogP contribution in [-0.2, 0) is 11.2 Å². The third kappa shape index (κ3) is 6.35. The Hall–Kier alpha value is -5.54. The minimum Gasteiger partial charge on any atom is -0.508 e. The summed E-state index contributed by atoms with van der Waals surface area (Å²) in [7, 11) is 0. The molecule has 4 aliphatic rings. The number of phenolic OH excluding ortho intramolecular Hbond substituents is 1. The number of carbonyl (C=O) groups excluding carboxylic acids is 1. The number of anilines is 1. The van der Waals surface area contributed by atoms with E-state index < -0.39 is 0 Å². The maximum atomic E-state index is 13.7. The zero-order valence-corrected chi connectivity index (χ0v) is 34.5. The summed E-state index contributed by atoms with van der Waals surface area (Å²) in [5.74, 6) is 3.48. The monoisotopic (exact) mass is 786 g/mol. The summed E-state index contributed by atoms with van der Waals surface area (Å²) in [6.07, 6.45) is 3.78. The molecule has 2 fully saturated rings. The Morgan fingerprint density at radius 1 is 0.810 bits per heavy atom. The van der Waals surface area contributed by atoms with Crippen LogP contribution in [0.25, 0.3) is 5.00 Å². The number of aromatic hydroxyl groups is 1. The quantitative estimate of drug-likeness (QED) is 0.182. The van der Waals surface area contributed by atoms with Crippen molar-refractivity contribution in [1.82, 2.24) is 19.7 Å². The van der Waals surface area contributed by atoms with Gasteiger partial charge in [-0.25, -0.2) is 0 Å². The highest BCUT2D eigenvalue weighted by atomic mass is 32.1. The summed E-state index contributed by atoms with van der Waals surface area (Å²) in [6.45, 7) is 11.8. The van der Waals surface area contributed by atoms with Crippen molar-refractivity contribution >= 4 is 28.6 Å². The van der Waals surface area contributed by atoms with Crippen LogP contribution >= 0.6 is 11.3 Å². The molecule has 1 aliphatic carbocycles. The number of amides is 1. The second-order valence-electron chi connectivity index (χ2n) is 16.9. The smallest absolute Gasteiger partial charge is 0.225 e. The summed E-state index contributed by atoms with van der Waals surface area (Å²) in [4.78, 5) is 24.8. The van der Waals surface area contributed by atoms with Crippen molar-refractivity contribution in [2.45, 2.75) is 77.2 Å². The van der Waals surface area contributed by atoms with E-state index in [4.69, 9.17) is 4.99 Å². The van der Waals surface area contributed by atoms with Crippen LogP contribution in [0, 0.1) is 26.7 Å². The molecule has 2 saturated heterocycles. The number of aryl methyl sites for hydroxylation is 3. The lowest BCUT2D eigenvalue weighted by Crippen LogP contribution is -2.52. The van der Waals surface area contributed by atoms with Crippen LogP contribution in [0.5, 0.6) is 5.75 Å². The zero-order chi connectivity index (χ0) is 39.7. The fourth-order valence-electron chi connectivity index (χ4n) is 10.1. The minimum atomic E-state index is -0.107. The van der Waals surface area contributed by atoms with Crippen molar-refractivity contribution in [1.29, 1.82) is 0 Å². The molecule has 9 heteroatoms. The van der Waals surface area contributed by atoms with E-state index in [0.717, 1.165) is 79.8 Å². The van der Waals surface area contributed by atoms with Crippen LogP contribution in [0.15, 0.2) is 102 Å². The van der Waals surface area contributed by atoms with E-state index >= 15 is 0 Å². The number of likely N-dealkylation sites (tertiary alicyclic amines) is 1. The number of benzene rings is 4. The standard InChI is InChI=1S/C49H50N6O2S/c1-29-31(3)58-49-44(29)46(50-30(2)47-52-51-32(4)55(47)49)36-12-10-33(11-13-36)39-27-54(28-39)48(57)37-22-24-53(25-23-37)40-17-14-35(15-18-40)45-42(34-8-6-5-7-9-34)20-16-38-26-41(56)19-21-43(38)45/h5-15,17-19,21,26,30,37,39,42,45,56H,16,20,22-25,27-28H2,1-4H3/t30-,42+,45-/m0/s1. The molecule has 0 radical (unpaired) electrons. The highest BCUT2D eigenvalue weighted by Crippen LogP contribution is 2.47. The lowest BCUT2D eigenvalue weighted by molar-refractivity contribution is -0.140. The molecule has 0 saturated carbocycles. The van der Waals surface area contributed by atoms with Gasteiger partial charge in [-0.3, -0.25) is 14.4 Å². The number of phenols is 1. The molecule has 3 aliphatic heterocycles. The molecular formula is C49H50N6O2S. The maximum Gasteiger partial charge on any atom is 0.225 e. The van der Waals surface area contributed by atoms with E-state index in [2.05, 4.69) is 130 Å². The van der Waals surface area contributed by atoms with E-state index in [1.165, 1.54) is 49.5 Å². The average molecular weight is 787 g/mol. The van der Waals surface area contributed by atoms with Crippen molar-refractivity contribution in [3.8, 4) is 10.8 Å². The van der Waals surface area contributed by atoms with Gasteiger partial charge < -0.3 is 14.9 Å². The van der Waals surface area contributed by atoms with Crippen LogP contribution in [0.1, 0.15) is 111 Å². The van der Waals surface area contributed by atoms with Gasteiger partial charge in [-0.05, 0) is 117 Å². The van der Waals surface area contributed by atoms with Crippen LogP contribution in [-0.4, -0.2) is 62.6 Å². The topological polar surface area (TPSA) is 86.8 Å². The largest absolute Gasteiger partial charge is 0.508 e. The van der Waals surface area contributed by atoms with E-state index in [1.807, 2.05) is 19.1 Å². The molecule has 0 spiro atoms. The Balaban J connectivity index is 0.772. The van der Waals surface area contributed by atoms with Gasteiger partial charge in [0.15, 0.2) is 5.82 Å². The van der Waals surface area contributed by atoms with Gasteiger partial charge in [0, 0.05) is 65.6 Å². The molecule has 8 nitrogen and oxygen atoms in total. The van der Waals surface area contributed by atoms with Crippen LogP contribution in [0.4, 0.5) is 5.69 Å². The van der Waals surface area contributed by atoms with Crippen LogP contribution in [0.2, 0.25) is 0 Å².